The van der Waals surface area contributed by atoms with Gasteiger partial charge in [0.1, 0.15) is 5.82 Å². The van der Waals surface area contributed by atoms with Crippen LogP contribution in [0.2, 0.25) is 0 Å². The van der Waals surface area contributed by atoms with Gasteiger partial charge in [0.2, 0.25) is 0 Å². The Morgan fingerprint density at radius 1 is 0.800 bits per heavy atom. The van der Waals surface area contributed by atoms with Crippen molar-refractivity contribution in [2.75, 3.05) is 41.0 Å². The number of para-hydroxylation sites is 1. The summed E-state index contributed by atoms with van der Waals surface area (Å²) in [4.78, 5) is 9.40. The minimum atomic E-state index is 0.0337. The lowest BCUT2D eigenvalue weighted by Crippen LogP contribution is -2.35. The Labute approximate surface area is 210 Å². The van der Waals surface area contributed by atoms with E-state index in [1.165, 1.54) is 22.5 Å². The molecule has 0 radical (unpaired) electrons. The Kier molecular flexibility index (Phi) is 8.09. The van der Waals surface area contributed by atoms with Crippen LogP contribution in [0.3, 0.4) is 0 Å². The largest absolute Gasteiger partial charge is 0.372 e. The maximum absolute atomic E-state index is 4.63. The van der Waals surface area contributed by atoms with E-state index < -0.39 is 0 Å². The molecule has 2 aromatic carbocycles. The zero-order valence-corrected chi connectivity index (χ0v) is 21.4. The van der Waals surface area contributed by atoms with Gasteiger partial charge in [-0.3, -0.25) is 10.4 Å². The summed E-state index contributed by atoms with van der Waals surface area (Å²) >= 11 is 0. The SMILES string of the molecule is CCN(CC)c1ccc(C=CC2=CC(c3ccccc3N(CC)CC)N(c3ccccn3)N2)cc1. The second-order valence-electron chi connectivity index (χ2n) is 8.56. The van der Waals surface area contributed by atoms with Crippen LogP contribution in [0.25, 0.3) is 6.08 Å². The zero-order chi connectivity index (χ0) is 24.6. The Morgan fingerprint density at radius 3 is 2.14 bits per heavy atom. The first-order chi connectivity index (χ1) is 17.2. The second kappa shape index (κ2) is 11.6. The van der Waals surface area contributed by atoms with Crippen LogP contribution in [-0.2, 0) is 0 Å². The van der Waals surface area contributed by atoms with Crippen LogP contribution in [0.4, 0.5) is 17.2 Å². The highest BCUT2D eigenvalue weighted by atomic mass is 15.6. The molecule has 1 aliphatic heterocycles. The monoisotopic (exact) mass is 467 g/mol. The molecule has 0 saturated heterocycles. The van der Waals surface area contributed by atoms with Crippen molar-refractivity contribution in [1.29, 1.82) is 0 Å². The summed E-state index contributed by atoms with van der Waals surface area (Å²) in [6, 6.07) is 23.5. The Balaban J connectivity index is 1.64. The summed E-state index contributed by atoms with van der Waals surface area (Å²) < 4.78 is 0. The van der Waals surface area contributed by atoms with Crippen molar-refractivity contribution < 1.29 is 0 Å². The molecule has 1 atom stereocenters. The molecule has 1 unspecified atom stereocenters. The minimum absolute atomic E-state index is 0.0337. The molecule has 1 aliphatic rings. The summed E-state index contributed by atoms with van der Waals surface area (Å²) in [6.07, 6.45) is 8.45. The normalized spacial score (nSPS) is 15.3. The first-order valence-corrected chi connectivity index (χ1v) is 12.7. The predicted octanol–water partition coefficient (Wildman–Crippen LogP) is 6.44. The van der Waals surface area contributed by atoms with E-state index in [9.17, 15) is 0 Å². The van der Waals surface area contributed by atoms with Crippen LogP contribution in [0.15, 0.2) is 90.8 Å². The lowest BCUT2D eigenvalue weighted by Gasteiger charge is -2.31. The fraction of sp³-hybridized carbons (Fsp3) is 0.300. The number of nitrogens with one attached hydrogen (secondary N) is 1. The molecule has 0 saturated carbocycles. The zero-order valence-electron chi connectivity index (χ0n) is 21.4. The molecule has 0 amide bonds. The molecule has 0 fully saturated rings. The second-order valence-corrected chi connectivity index (χ2v) is 8.56. The van der Waals surface area contributed by atoms with Gasteiger partial charge in [-0.2, -0.15) is 0 Å². The van der Waals surface area contributed by atoms with Crippen LogP contribution in [0.5, 0.6) is 0 Å². The summed E-state index contributed by atoms with van der Waals surface area (Å²) in [7, 11) is 0. The molecule has 5 heteroatoms. The highest BCUT2D eigenvalue weighted by Crippen LogP contribution is 2.36. The molecule has 2 heterocycles. The van der Waals surface area contributed by atoms with Gasteiger partial charge in [-0.05, 0) is 75.7 Å². The van der Waals surface area contributed by atoms with Crippen molar-refractivity contribution in [3.8, 4) is 0 Å². The van der Waals surface area contributed by atoms with Crippen molar-refractivity contribution in [2.45, 2.75) is 33.7 Å². The lowest BCUT2D eigenvalue weighted by molar-refractivity contribution is 0.693. The summed E-state index contributed by atoms with van der Waals surface area (Å²) in [6.45, 7) is 12.8. The van der Waals surface area contributed by atoms with Crippen molar-refractivity contribution in [3.05, 3.63) is 102 Å². The van der Waals surface area contributed by atoms with Gasteiger partial charge < -0.3 is 9.80 Å². The first kappa shape index (κ1) is 24.4. The molecule has 4 rings (SSSR count). The number of allylic oxidation sites excluding steroid dienone is 1. The highest BCUT2D eigenvalue weighted by Gasteiger charge is 2.29. The minimum Gasteiger partial charge on any atom is -0.372 e. The van der Waals surface area contributed by atoms with E-state index >= 15 is 0 Å². The van der Waals surface area contributed by atoms with Crippen LogP contribution in [-0.4, -0.2) is 31.2 Å². The number of hydrogen-bond acceptors (Lipinski definition) is 5. The number of nitrogens with zero attached hydrogens (tertiary/aromatic N) is 4. The fourth-order valence-corrected chi connectivity index (χ4v) is 4.67. The number of hydrogen-bond donors (Lipinski definition) is 1. The van der Waals surface area contributed by atoms with Crippen molar-refractivity contribution in [2.24, 2.45) is 0 Å². The summed E-state index contributed by atoms with van der Waals surface area (Å²) in [5.74, 6) is 0.898. The lowest BCUT2D eigenvalue weighted by atomic mass is 10.0. The van der Waals surface area contributed by atoms with Crippen molar-refractivity contribution >= 4 is 23.3 Å². The summed E-state index contributed by atoms with van der Waals surface area (Å²) in [5, 5.41) is 2.16. The molecule has 1 aromatic heterocycles. The van der Waals surface area contributed by atoms with E-state index in [0.717, 1.165) is 37.7 Å². The fourth-order valence-electron chi connectivity index (χ4n) is 4.67. The topological polar surface area (TPSA) is 34.6 Å². The Bertz CT molecular complexity index is 1130. The van der Waals surface area contributed by atoms with E-state index in [-0.39, 0.29) is 6.04 Å². The standard InChI is InChI=1S/C30H37N5/c1-5-33(6-2)26-20-17-24(18-21-26)16-19-25-23-29(35(32-25)30-15-11-12-22-31-30)27-13-9-10-14-28(27)34(7-3)8-4/h9-23,29,32H,5-8H2,1-4H3. The molecular formula is C30H37N5. The smallest absolute Gasteiger partial charge is 0.147 e. The Hall–Kier alpha value is -3.73. The molecule has 3 aromatic rings. The summed E-state index contributed by atoms with van der Waals surface area (Å²) in [5.41, 5.74) is 9.62. The number of pyridine rings is 1. The quantitative estimate of drug-likeness (QED) is 0.371. The van der Waals surface area contributed by atoms with Gasteiger partial charge in [-0.1, -0.05) is 42.5 Å². The predicted molar refractivity (Wildman–Crippen MR) is 150 cm³/mol. The van der Waals surface area contributed by atoms with Crippen LogP contribution < -0.4 is 20.2 Å². The maximum Gasteiger partial charge on any atom is 0.147 e. The van der Waals surface area contributed by atoms with E-state index in [2.05, 4.69) is 120 Å². The van der Waals surface area contributed by atoms with Gasteiger partial charge in [0.25, 0.3) is 0 Å². The number of benzene rings is 2. The number of aromatic nitrogens is 1. The van der Waals surface area contributed by atoms with Crippen LogP contribution in [0.1, 0.15) is 44.9 Å². The number of anilines is 3. The van der Waals surface area contributed by atoms with E-state index in [0.29, 0.717) is 0 Å². The molecule has 1 N–H and O–H groups in total. The van der Waals surface area contributed by atoms with E-state index in [1.54, 1.807) is 0 Å². The maximum atomic E-state index is 4.63. The number of hydrazine groups is 1. The van der Waals surface area contributed by atoms with Gasteiger partial charge in [-0.15, -0.1) is 0 Å². The van der Waals surface area contributed by atoms with Crippen molar-refractivity contribution in [1.82, 2.24) is 10.4 Å². The highest BCUT2D eigenvalue weighted by molar-refractivity contribution is 5.63. The Morgan fingerprint density at radius 2 is 1.49 bits per heavy atom. The van der Waals surface area contributed by atoms with E-state index in [1.807, 2.05) is 24.4 Å². The molecule has 5 nitrogen and oxygen atoms in total. The number of rotatable bonds is 10. The molecule has 35 heavy (non-hydrogen) atoms. The van der Waals surface area contributed by atoms with Gasteiger partial charge in [0.15, 0.2) is 0 Å². The third-order valence-corrected chi connectivity index (χ3v) is 6.60. The van der Waals surface area contributed by atoms with Gasteiger partial charge in [0.05, 0.1) is 11.7 Å². The van der Waals surface area contributed by atoms with Crippen LogP contribution in [0, 0.1) is 0 Å². The molecule has 0 aliphatic carbocycles. The van der Waals surface area contributed by atoms with Gasteiger partial charge in [0, 0.05) is 49.3 Å². The van der Waals surface area contributed by atoms with Crippen molar-refractivity contribution in [3.63, 3.8) is 0 Å². The van der Waals surface area contributed by atoms with Gasteiger partial charge in [-0.25, -0.2) is 4.98 Å². The van der Waals surface area contributed by atoms with Gasteiger partial charge >= 0.3 is 0 Å². The van der Waals surface area contributed by atoms with Crippen LogP contribution >= 0.6 is 0 Å². The molecular weight excluding hydrogens is 430 g/mol. The molecule has 0 spiro atoms. The molecule has 0 bridgehead atoms. The third kappa shape index (κ3) is 5.51. The first-order valence-electron chi connectivity index (χ1n) is 12.7. The molecule has 182 valence electrons. The average molecular weight is 468 g/mol. The third-order valence-electron chi connectivity index (χ3n) is 6.60. The average Bonchev–Trinajstić information content (AvgIpc) is 3.35. The van der Waals surface area contributed by atoms with E-state index in [4.69, 9.17) is 0 Å².